The van der Waals surface area contributed by atoms with E-state index in [0.717, 1.165) is 5.56 Å². The summed E-state index contributed by atoms with van der Waals surface area (Å²) in [4.78, 5) is 25.1. The number of carbonyl (C=O) groups is 2. The van der Waals surface area contributed by atoms with Crippen LogP contribution >= 0.6 is 0 Å². The van der Waals surface area contributed by atoms with Crippen LogP contribution in [-0.2, 0) is 16.1 Å². The Morgan fingerprint density at radius 3 is 2.37 bits per heavy atom. The molecule has 1 fully saturated rings. The molecule has 0 unspecified atom stereocenters. The van der Waals surface area contributed by atoms with Crippen LogP contribution in [0.25, 0.3) is 0 Å². The van der Waals surface area contributed by atoms with Gasteiger partial charge in [0, 0.05) is 32.4 Å². The maximum Gasteiger partial charge on any atom is 0.223 e. The minimum absolute atomic E-state index is 0.0961. The Balaban J connectivity index is 2.03. The fraction of sp³-hybridized carbons (Fsp3) is 0.500. The van der Waals surface area contributed by atoms with E-state index in [0.29, 0.717) is 38.3 Å². The summed E-state index contributed by atoms with van der Waals surface area (Å²) < 4.78 is 0. The number of ketones is 1. The average molecular weight is 259 g/mol. The van der Waals surface area contributed by atoms with Gasteiger partial charge in [-0.15, -0.1) is 0 Å². The van der Waals surface area contributed by atoms with E-state index in [-0.39, 0.29) is 11.7 Å². The molecule has 3 heteroatoms. The van der Waals surface area contributed by atoms with Gasteiger partial charge < -0.3 is 4.90 Å². The number of carbonyl (C=O) groups excluding carboxylic acids is 2. The van der Waals surface area contributed by atoms with Crippen molar-refractivity contribution in [2.24, 2.45) is 0 Å². The minimum Gasteiger partial charge on any atom is -0.338 e. The molecule has 1 aromatic rings. The summed E-state index contributed by atoms with van der Waals surface area (Å²) in [6.07, 6.45) is 1.26. The molecule has 1 aromatic carbocycles. The van der Waals surface area contributed by atoms with Crippen molar-refractivity contribution in [2.75, 3.05) is 6.54 Å². The van der Waals surface area contributed by atoms with Crippen molar-refractivity contribution in [1.82, 2.24) is 4.90 Å². The summed E-state index contributed by atoms with van der Waals surface area (Å²) in [5, 5.41) is 0. The molecular weight excluding hydrogens is 238 g/mol. The molecule has 0 aromatic heterocycles. The van der Waals surface area contributed by atoms with Crippen molar-refractivity contribution in [3.8, 4) is 0 Å². The molecule has 1 aliphatic rings. The Bertz CT molecular complexity index is 462. The number of nitrogens with zero attached hydrogens (tertiary/aromatic N) is 1. The predicted octanol–water partition coefficient (Wildman–Crippen LogP) is 2.89. The van der Waals surface area contributed by atoms with Crippen LogP contribution in [0.2, 0.25) is 0 Å². The Labute approximate surface area is 114 Å². The van der Waals surface area contributed by atoms with Gasteiger partial charge in [0.1, 0.15) is 5.78 Å². The first-order chi connectivity index (χ1) is 9.06. The van der Waals surface area contributed by atoms with Crippen LogP contribution in [0.1, 0.15) is 50.2 Å². The number of hydrogen-bond acceptors (Lipinski definition) is 2. The summed E-state index contributed by atoms with van der Waals surface area (Å²) in [6.45, 7) is 5.51. The highest BCUT2D eigenvalue weighted by molar-refractivity contribution is 5.87. The Kier molecular flexibility index (Phi) is 4.35. The first-order valence-electron chi connectivity index (χ1n) is 6.94. The smallest absolute Gasteiger partial charge is 0.223 e. The third-order valence-electron chi connectivity index (χ3n) is 3.65. The van der Waals surface area contributed by atoms with Gasteiger partial charge in [-0.3, -0.25) is 9.59 Å². The molecule has 1 amide bonds. The quantitative estimate of drug-likeness (QED) is 0.837. The maximum absolute atomic E-state index is 11.9. The number of rotatable bonds is 3. The highest BCUT2D eigenvalue weighted by Crippen LogP contribution is 2.17. The molecule has 102 valence electrons. The van der Waals surface area contributed by atoms with Gasteiger partial charge in [0.15, 0.2) is 0 Å². The summed E-state index contributed by atoms with van der Waals surface area (Å²) in [6, 6.07) is 8.39. The molecule has 19 heavy (non-hydrogen) atoms. The molecule has 0 N–H and O–H groups in total. The fourth-order valence-electron chi connectivity index (χ4n) is 2.31. The van der Waals surface area contributed by atoms with Gasteiger partial charge in [-0.2, -0.15) is 0 Å². The van der Waals surface area contributed by atoms with E-state index in [1.54, 1.807) is 4.90 Å². The summed E-state index contributed by atoms with van der Waals surface area (Å²) >= 11 is 0. The molecular formula is C16H21NO2. The van der Waals surface area contributed by atoms with Crippen molar-refractivity contribution in [3.63, 3.8) is 0 Å². The summed E-state index contributed by atoms with van der Waals surface area (Å²) in [7, 11) is 0. The summed E-state index contributed by atoms with van der Waals surface area (Å²) in [5.41, 5.74) is 2.44. The highest BCUT2D eigenvalue weighted by atomic mass is 16.2. The van der Waals surface area contributed by atoms with E-state index in [9.17, 15) is 9.59 Å². The molecule has 3 nitrogen and oxygen atoms in total. The highest BCUT2D eigenvalue weighted by Gasteiger charge is 2.20. The van der Waals surface area contributed by atoms with Gasteiger partial charge in [-0.05, 0) is 17.0 Å². The predicted molar refractivity (Wildman–Crippen MR) is 74.8 cm³/mol. The first-order valence-corrected chi connectivity index (χ1v) is 6.94. The maximum atomic E-state index is 11.9. The minimum atomic E-state index is 0.0961. The molecule has 0 radical (unpaired) electrons. The average Bonchev–Trinajstić information content (AvgIpc) is 2.55. The largest absolute Gasteiger partial charge is 0.338 e. The molecule has 2 rings (SSSR count). The van der Waals surface area contributed by atoms with Gasteiger partial charge in [-0.25, -0.2) is 0 Å². The lowest BCUT2D eigenvalue weighted by Gasteiger charge is -2.20. The lowest BCUT2D eigenvalue weighted by molar-refractivity contribution is -0.131. The number of amides is 1. The number of benzene rings is 1. The van der Waals surface area contributed by atoms with Crippen LogP contribution in [0, 0.1) is 0 Å². The van der Waals surface area contributed by atoms with Crippen LogP contribution in [0.15, 0.2) is 24.3 Å². The van der Waals surface area contributed by atoms with Crippen molar-refractivity contribution in [3.05, 3.63) is 35.4 Å². The monoisotopic (exact) mass is 259 g/mol. The first kappa shape index (κ1) is 13.8. The van der Waals surface area contributed by atoms with E-state index < -0.39 is 0 Å². The normalized spacial score (nSPS) is 16.9. The van der Waals surface area contributed by atoms with Crippen LogP contribution in [0.4, 0.5) is 0 Å². The Morgan fingerprint density at radius 1 is 1.05 bits per heavy atom. The zero-order chi connectivity index (χ0) is 13.8. The zero-order valence-electron chi connectivity index (χ0n) is 11.7. The number of hydrogen-bond donors (Lipinski definition) is 0. The van der Waals surface area contributed by atoms with E-state index in [1.807, 2.05) is 0 Å². The molecule has 0 atom stereocenters. The van der Waals surface area contributed by atoms with Crippen LogP contribution in [0.3, 0.4) is 0 Å². The van der Waals surface area contributed by atoms with Gasteiger partial charge in [0.05, 0.1) is 0 Å². The second-order valence-corrected chi connectivity index (χ2v) is 5.50. The fourth-order valence-corrected chi connectivity index (χ4v) is 2.31. The topological polar surface area (TPSA) is 37.4 Å². The SMILES string of the molecule is CC(C)c1ccc(CN2CCC(=O)CCC2=O)cc1. The van der Waals surface area contributed by atoms with Crippen LogP contribution in [0.5, 0.6) is 0 Å². The third-order valence-corrected chi connectivity index (χ3v) is 3.65. The van der Waals surface area contributed by atoms with E-state index >= 15 is 0 Å². The van der Waals surface area contributed by atoms with Crippen molar-refractivity contribution >= 4 is 11.7 Å². The van der Waals surface area contributed by atoms with E-state index in [2.05, 4.69) is 38.1 Å². The van der Waals surface area contributed by atoms with Crippen molar-refractivity contribution < 1.29 is 9.59 Å². The van der Waals surface area contributed by atoms with Crippen LogP contribution < -0.4 is 0 Å². The number of Topliss-reactive ketones (excluding diaryl/α,β-unsaturated/α-hetero) is 1. The lowest BCUT2D eigenvalue weighted by Crippen LogP contribution is -2.29. The molecule has 0 saturated carbocycles. The second-order valence-electron chi connectivity index (χ2n) is 5.50. The number of likely N-dealkylation sites (tertiary alicyclic amines) is 1. The van der Waals surface area contributed by atoms with Crippen molar-refractivity contribution in [2.45, 2.75) is 45.6 Å². The van der Waals surface area contributed by atoms with Gasteiger partial charge in [-0.1, -0.05) is 38.1 Å². The molecule has 1 heterocycles. The molecule has 1 aliphatic heterocycles. The summed E-state index contributed by atoms with van der Waals surface area (Å²) in [5.74, 6) is 0.816. The van der Waals surface area contributed by atoms with Crippen molar-refractivity contribution in [1.29, 1.82) is 0 Å². The van der Waals surface area contributed by atoms with Gasteiger partial charge in [0.2, 0.25) is 5.91 Å². The van der Waals surface area contributed by atoms with Crippen LogP contribution in [-0.4, -0.2) is 23.1 Å². The molecule has 0 spiro atoms. The lowest BCUT2D eigenvalue weighted by atomic mass is 10.0. The van der Waals surface area contributed by atoms with E-state index in [4.69, 9.17) is 0 Å². The van der Waals surface area contributed by atoms with Gasteiger partial charge >= 0.3 is 0 Å². The molecule has 0 aliphatic carbocycles. The van der Waals surface area contributed by atoms with Gasteiger partial charge in [0.25, 0.3) is 0 Å². The Hall–Kier alpha value is -1.64. The Morgan fingerprint density at radius 2 is 1.74 bits per heavy atom. The molecule has 0 bridgehead atoms. The van der Waals surface area contributed by atoms with E-state index in [1.165, 1.54) is 5.56 Å². The third kappa shape index (κ3) is 3.66. The second kappa shape index (κ2) is 6.00. The zero-order valence-corrected chi connectivity index (χ0v) is 11.7. The standard InChI is InChI=1S/C16H21NO2/c1-12(2)14-5-3-13(4-6-14)11-17-10-9-15(18)7-8-16(17)19/h3-6,12H,7-11H2,1-2H3. The molecule has 1 saturated heterocycles.